The molecule has 0 aromatic carbocycles. The minimum Gasteiger partial charge on any atom is -0.480 e. The van der Waals surface area contributed by atoms with Crippen molar-refractivity contribution >= 4 is 70.5 Å². The molecule has 0 bridgehead atoms. The van der Waals surface area contributed by atoms with Crippen molar-refractivity contribution in [3.8, 4) is 0 Å². The molecule has 10 nitrogen and oxygen atoms in total. The Balaban J connectivity index is 2.04. The molecule has 2 aliphatic rings. The van der Waals surface area contributed by atoms with Crippen LogP contribution in [0, 0.1) is 5.92 Å². The fourth-order valence-electron chi connectivity index (χ4n) is 3.05. The highest BCUT2D eigenvalue weighted by Gasteiger charge is 2.56. The van der Waals surface area contributed by atoms with Crippen molar-refractivity contribution < 1.29 is 39.2 Å². The third kappa shape index (κ3) is 5.60. The number of amides is 2. The van der Waals surface area contributed by atoms with Crippen LogP contribution in [0.25, 0.3) is 0 Å². The van der Waals surface area contributed by atoms with E-state index >= 15 is 0 Å². The minimum absolute atomic E-state index is 0.164. The Morgan fingerprint density at radius 3 is 2.45 bits per heavy atom. The summed E-state index contributed by atoms with van der Waals surface area (Å²) in [5.74, 6) is -4.18. The zero-order chi connectivity index (χ0) is 22.1. The van der Waals surface area contributed by atoms with Crippen molar-refractivity contribution in [1.82, 2.24) is 10.2 Å². The molecule has 2 rings (SSSR count). The van der Waals surface area contributed by atoms with E-state index in [1.54, 1.807) is 0 Å². The Morgan fingerprint density at radius 2 is 1.97 bits per heavy atom. The molecule has 4 atom stereocenters. The molecule has 1 unspecified atom stereocenters. The lowest BCUT2D eigenvalue weighted by atomic mass is 9.83. The van der Waals surface area contributed by atoms with Gasteiger partial charge in [-0.2, -0.15) is 0 Å². The lowest BCUT2D eigenvalue weighted by Gasteiger charge is -2.44. The summed E-state index contributed by atoms with van der Waals surface area (Å²) in [6.07, 6.45) is -1.90. The van der Waals surface area contributed by atoms with Gasteiger partial charge in [0.1, 0.15) is 18.3 Å². The quantitative estimate of drug-likeness (QED) is 0.289. The Bertz CT molecular complexity index is 754. The zero-order valence-corrected chi connectivity index (χ0v) is 17.9. The van der Waals surface area contributed by atoms with Crippen molar-refractivity contribution in [3.63, 3.8) is 0 Å². The second-order valence-corrected chi connectivity index (χ2v) is 9.99. The Morgan fingerprint density at radius 1 is 1.34 bits per heavy atom. The number of rotatable bonds is 8. The van der Waals surface area contributed by atoms with Crippen molar-refractivity contribution in [2.75, 3.05) is 12.4 Å². The lowest BCUT2D eigenvalue weighted by molar-refractivity contribution is -0.161. The van der Waals surface area contributed by atoms with Crippen LogP contribution in [0.1, 0.15) is 13.3 Å². The molecule has 0 saturated carbocycles. The van der Waals surface area contributed by atoms with Gasteiger partial charge in [0.15, 0.2) is 0 Å². The normalized spacial score (nSPS) is 23.2. The van der Waals surface area contributed by atoms with E-state index in [0.717, 1.165) is 16.7 Å². The van der Waals surface area contributed by atoms with E-state index in [1.165, 1.54) is 6.92 Å². The van der Waals surface area contributed by atoms with Crippen molar-refractivity contribution in [2.24, 2.45) is 5.92 Å². The largest absolute Gasteiger partial charge is 0.480 e. The molecule has 2 aliphatic heterocycles. The van der Waals surface area contributed by atoms with Gasteiger partial charge >= 0.3 is 18.0 Å². The van der Waals surface area contributed by atoms with E-state index < -0.39 is 58.4 Å². The summed E-state index contributed by atoms with van der Waals surface area (Å²) in [4.78, 5) is 48.2. The van der Waals surface area contributed by atoms with E-state index in [2.05, 4.69) is 10.1 Å². The number of carboxylic acid groups (broad SMARTS) is 2. The Labute approximate surface area is 184 Å². The van der Waals surface area contributed by atoms with Gasteiger partial charge in [-0.3, -0.25) is 4.79 Å². The number of aliphatic hydroxyl groups excluding tert-OH is 1. The number of hydrogen-bond acceptors (Lipinski definition) is 7. The first kappa shape index (κ1) is 23.9. The number of alkyl halides is 3. The first-order valence-electron chi connectivity index (χ1n) is 8.16. The van der Waals surface area contributed by atoms with Gasteiger partial charge in [0.2, 0.25) is 9.70 Å². The Hall–Kier alpha value is -1.40. The molecule has 0 aromatic rings. The van der Waals surface area contributed by atoms with Gasteiger partial charge < -0.3 is 30.3 Å². The standard InChI is InChI=1S/C15H17Cl3N2O8S/c1-5(21)9-7-2-8(10(13(25)26)20(7)11(9)22)29-3-6(12(23)24)19-14(27)28-4-15(16,17)18/h5-7,9,21H,2-4H2,1H3,(H,19,27)(H,23,24)(H,25,26)/t5?,6-,7+,9+/m0/s1. The molecule has 1 saturated heterocycles. The molecule has 162 valence electrons. The number of hydrogen-bond donors (Lipinski definition) is 4. The molecular weight excluding hydrogens is 475 g/mol. The molecule has 4 N–H and O–H groups in total. The van der Waals surface area contributed by atoms with E-state index in [4.69, 9.17) is 34.8 Å². The number of ether oxygens (including phenoxy) is 1. The van der Waals surface area contributed by atoms with E-state index in [-0.39, 0.29) is 22.8 Å². The monoisotopic (exact) mass is 490 g/mol. The second-order valence-electron chi connectivity index (χ2n) is 6.36. The predicted octanol–water partition coefficient (Wildman–Crippen LogP) is 1.18. The van der Waals surface area contributed by atoms with Gasteiger partial charge in [0.05, 0.1) is 18.1 Å². The van der Waals surface area contributed by atoms with Gasteiger partial charge in [-0.05, 0) is 6.92 Å². The van der Waals surface area contributed by atoms with E-state index in [1.807, 2.05) is 0 Å². The summed E-state index contributed by atoms with van der Waals surface area (Å²) >= 11 is 17.2. The highest BCUT2D eigenvalue weighted by Crippen LogP contribution is 2.47. The molecule has 29 heavy (non-hydrogen) atoms. The van der Waals surface area contributed by atoms with Crippen LogP contribution < -0.4 is 5.32 Å². The summed E-state index contributed by atoms with van der Waals surface area (Å²) in [6.45, 7) is 0.843. The molecule has 1 fully saturated rings. The maximum absolute atomic E-state index is 12.1. The van der Waals surface area contributed by atoms with Crippen LogP contribution in [0.2, 0.25) is 0 Å². The predicted molar refractivity (Wildman–Crippen MR) is 104 cm³/mol. The number of alkyl carbamates (subject to hydrolysis) is 1. The first-order chi connectivity index (χ1) is 13.3. The van der Waals surface area contributed by atoms with Gasteiger partial charge in [-0.1, -0.05) is 34.8 Å². The van der Waals surface area contributed by atoms with E-state index in [9.17, 15) is 34.5 Å². The van der Waals surface area contributed by atoms with Crippen molar-refractivity contribution in [1.29, 1.82) is 0 Å². The third-order valence-electron chi connectivity index (χ3n) is 4.27. The molecule has 2 heterocycles. The van der Waals surface area contributed by atoms with Crippen LogP contribution >= 0.6 is 46.6 Å². The lowest BCUT2D eigenvalue weighted by Crippen LogP contribution is -2.61. The Kier molecular flexibility index (Phi) is 7.55. The molecular formula is C15H17Cl3N2O8S. The SMILES string of the molecule is CC(O)[C@H]1C(=O)N2C(C(=O)O)=C(SC[C@H](NC(=O)OCC(Cl)(Cl)Cl)C(=O)O)C[C@H]12. The maximum atomic E-state index is 12.1. The molecule has 0 aliphatic carbocycles. The fraction of sp³-hybridized carbons (Fsp3) is 0.600. The zero-order valence-electron chi connectivity index (χ0n) is 14.8. The molecule has 14 heteroatoms. The summed E-state index contributed by atoms with van der Waals surface area (Å²) in [6, 6.07) is -1.93. The van der Waals surface area contributed by atoms with Crippen LogP contribution in [0.15, 0.2) is 10.6 Å². The number of carboxylic acids is 2. The van der Waals surface area contributed by atoms with Gasteiger partial charge in [0.25, 0.3) is 0 Å². The number of halogens is 3. The number of β-lactam (4-membered cyclic amide) rings is 1. The van der Waals surface area contributed by atoms with Crippen LogP contribution in [0.5, 0.6) is 0 Å². The number of thioether (sulfide) groups is 1. The van der Waals surface area contributed by atoms with Crippen molar-refractivity contribution in [2.45, 2.75) is 35.3 Å². The first-order valence-corrected chi connectivity index (χ1v) is 10.3. The number of carbonyl (C=O) groups is 4. The number of carbonyl (C=O) groups excluding carboxylic acids is 2. The average Bonchev–Trinajstić information content (AvgIpc) is 2.89. The van der Waals surface area contributed by atoms with Gasteiger partial charge in [-0.15, -0.1) is 11.8 Å². The summed E-state index contributed by atoms with van der Waals surface area (Å²) < 4.78 is 2.75. The average molecular weight is 492 g/mol. The number of nitrogens with one attached hydrogen (secondary N) is 1. The summed E-state index contributed by atoms with van der Waals surface area (Å²) in [7, 11) is 0. The smallest absolute Gasteiger partial charge is 0.408 e. The highest BCUT2D eigenvalue weighted by molar-refractivity contribution is 8.03. The molecule has 2 amide bonds. The van der Waals surface area contributed by atoms with Crippen LogP contribution in [-0.4, -0.2) is 78.5 Å². The number of aliphatic hydroxyl groups is 1. The molecule has 0 aromatic heterocycles. The van der Waals surface area contributed by atoms with Crippen LogP contribution in [0.3, 0.4) is 0 Å². The minimum atomic E-state index is -1.86. The van der Waals surface area contributed by atoms with Gasteiger partial charge in [-0.25, -0.2) is 14.4 Å². The maximum Gasteiger partial charge on any atom is 0.408 e. The van der Waals surface area contributed by atoms with Crippen LogP contribution in [-0.2, 0) is 19.1 Å². The number of fused-ring (bicyclic) bond motifs is 1. The third-order valence-corrected chi connectivity index (χ3v) is 5.81. The molecule has 0 radical (unpaired) electrons. The van der Waals surface area contributed by atoms with Gasteiger partial charge in [0, 0.05) is 17.1 Å². The topological polar surface area (TPSA) is 153 Å². The summed E-state index contributed by atoms with van der Waals surface area (Å²) in [5.41, 5.74) is -0.246. The summed E-state index contributed by atoms with van der Waals surface area (Å²) in [5, 5.41) is 30.5. The van der Waals surface area contributed by atoms with Crippen LogP contribution in [0.4, 0.5) is 4.79 Å². The highest BCUT2D eigenvalue weighted by atomic mass is 35.6. The second kappa shape index (κ2) is 9.17. The number of nitrogens with zero attached hydrogens (tertiary/aromatic N) is 1. The van der Waals surface area contributed by atoms with E-state index in [0.29, 0.717) is 0 Å². The molecule has 0 spiro atoms. The van der Waals surface area contributed by atoms with Crippen molar-refractivity contribution in [3.05, 3.63) is 10.6 Å². The number of aliphatic carboxylic acids is 2. The fourth-order valence-corrected chi connectivity index (χ4v) is 4.42.